The molecule has 1 saturated carbocycles. The van der Waals surface area contributed by atoms with Crippen molar-refractivity contribution in [2.45, 2.75) is 51.5 Å². The lowest BCUT2D eigenvalue weighted by Crippen LogP contribution is -2.33. The van der Waals surface area contributed by atoms with Gasteiger partial charge in [0.1, 0.15) is 11.6 Å². The molecular weight excluding hydrogens is 381 g/mol. The molecule has 0 spiro atoms. The monoisotopic (exact) mass is 407 g/mol. The minimum absolute atomic E-state index is 0.00738. The molecule has 0 saturated heterocycles. The van der Waals surface area contributed by atoms with Crippen LogP contribution in [0.4, 0.5) is 4.39 Å². The van der Waals surface area contributed by atoms with Crippen molar-refractivity contribution < 1.29 is 14.0 Å². The van der Waals surface area contributed by atoms with Crippen LogP contribution in [-0.2, 0) is 4.79 Å². The molecule has 0 bridgehead atoms. The van der Waals surface area contributed by atoms with Crippen molar-refractivity contribution in [3.05, 3.63) is 59.8 Å². The molecule has 30 heavy (non-hydrogen) atoms. The summed E-state index contributed by atoms with van der Waals surface area (Å²) in [6.45, 7) is 3.85. The molecule has 2 heterocycles. The number of Topliss-reactive ketones (excluding diaryl/α,β-unsaturated/α-hetero) is 1. The van der Waals surface area contributed by atoms with Crippen molar-refractivity contribution in [2.24, 2.45) is 0 Å². The summed E-state index contributed by atoms with van der Waals surface area (Å²) in [5.74, 6) is -0.0681. The van der Waals surface area contributed by atoms with Gasteiger partial charge in [-0.2, -0.15) is 0 Å². The predicted molar refractivity (Wildman–Crippen MR) is 114 cm³/mol. The maximum absolute atomic E-state index is 14.1. The minimum Gasteiger partial charge on any atom is -0.339 e. The van der Waals surface area contributed by atoms with Gasteiger partial charge in [0.2, 0.25) is 0 Å². The van der Waals surface area contributed by atoms with Crippen LogP contribution in [0.3, 0.4) is 0 Å². The van der Waals surface area contributed by atoms with Crippen LogP contribution in [0.25, 0.3) is 16.6 Å². The van der Waals surface area contributed by atoms with Crippen LogP contribution in [0.15, 0.2) is 42.9 Å². The summed E-state index contributed by atoms with van der Waals surface area (Å²) in [5, 5.41) is 1.06. The van der Waals surface area contributed by atoms with Gasteiger partial charge in [0, 0.05) is 43.7 Å². The number of carbonyl (C=O) groups excluding carboxylic acids is 2. The van der Waals surface area contributed by atoms with Crippen molar-refractivity contribution in [3.8, 4) is 5.69 Å². The highest BCUT2D eigenvalue weighted by Gasteiger charge is 2.26. The Morgan fingerprint density at radius 2 is 1.97 bits per heavy atom. The third kappa shape index (κ3) is 3.62. The lowest BCUT2D eigenvalue weighted by atomic mass is 9.83. The molecule has 5 nitrogen and oxygen atoms in total. The molecule has 6 heteroatoms. The van der Waals surface area contributed by atoms with Gasteiger partial charge in [-0.25, -0.2) is 4.39 Å². The highest BCUT2D eigenvalue weighted by molar-refractivity contribution is 5.99. The summed E-state index contributed by atoms with van der Waals surface area (Å²) in [4.78, 5) is 30.7. The van der Waals surface area contributed by atoms with Crippen molar-refractivity contribution >= 4 is 22.6 Å². The SMILES string of the molecule is CC(C)N(C)C(=O)c1cc(F)ccc1-n1cc(C2CCC(=O)CC2)c2ccncc21. The highest BCUT2D eigenvalue weighted by atomic mass is 19.1. The van der Waals surface area contributed by atoms with E-state index in [1.54, 1.807) is 30.4 Å². The molecule has 0 aliphatic heterocycles. The van der Waals surface area contributed by atoms with E-state index in [0.29, 0.717) is 29.9 Å². The zero-order chi connectivity index (χ0) is 21.4. The second-order valence-corrected chi connectivity index (χ2v) is 8.33. The quantitative estimate of drug-likeness (QED) is 0.620. The number of rotatable bonds is 4. The van der Waals surface area contributed by atoms with E-state index in [1.165, 1.54) is 12.1 Å². The first-order valence-corrected chi connectivity index (χ1v) is 10.4. The summed E-state index contributed by atoms with van der Waals surface area (Å²) in [7, 11) is 1.72. The van der Waals surface area contributed by atoms with E-state index in [0.717, 1.165) is 29.3 Å². The van der Waals surface area contributed by atoms with Crippen molar-refractivity contribution in [2.75, 3.05) is 7.05 Å². The molecule has 156 valence electrons. The van der Waals surface area contributed by atoms with E-state index in [9.17, 15) is 14.0 Å². The Labute approximate surface area is 175 Å². The van der Waals surface area contributed by atoms with Gasteiger partial charge in [-0.15, -0.1) is 0 Å². The maximum Gasteiger partial charge on any atom is 0.256 e. The van der Waals surface area contributed by atoms with Gasteiger partial charge in [-0.1, -0.05) is 0 Å². The number of nitrogens with zero attached hydrogens (tertiary/aromatic N) is 3. The Bertz CT molecular complexity index is 1110. The van der Waals surface area contributed by atoms with Gasteiger partial charge in [0.15, 0.2) is 0 Å². The van der Waals surface area contributed by atoms with Gasteiger partial charge in [0.25, 0.3) is 5.91 Å². The van der Waals surface area contributed by atoms with Crippen LogP contribution in [0.1, 0.15) is 61.4 Å². The molecule has 3 aromatic rings. The summed E-state index contributed by atoms with van der Waals surface area (Å²) in [6.07, 6.45) is 8.41. The average Bonchev–Trinajstić information content (AvgIpc) is 3.12. The second kappa shape index (κ2) is 8.01. The predicted octanol–water partition coefficient (Wildman–Crippen LogP) is 4.87. The minimum atomic E-state index is -0.445. The van der Waals surface area contributed by atoms with Crippen LogP contribution >= 0.6 is 0 Å². The summed E-state index contributed by atoms with van der Waals surface area (Å²) >= 11 is 0. The third-order valence-corrected chi connectivity index (χ3v) is 6.17. The van der Waals surface area contributed by atoms with Crippen molar-refractivity contribution in [1.29, 1.82) is 0 Å². The molecule has 4 rings (SSSR count). The summed E-state index contributed by atoms with van der Waals surface area (Å²) < 4.78 is 16.0. The van der Waals surface area contributed by atoms with Gasteiger partial charge in [0.05, 0.1) is 23.0 Å². The zero-order valence-corrected chi connectivity index (χ0v) is 17.6. The number of aromatic nitrogens is 2. The lowest BCUT2D eigenvalue weighted by molar-refractivity contribution is -0.120. The molecule has 1 aliphatic rings. The van der Waals surface area contributed by atoms with Crippen LogP contribution in [0.2, 0.25) is 0 Å². The first-order chi connectivity index (χ1) is 14.4. The fourth-order valence-corrected chi connectivity index (χ4v) is 4.19. The standard InChI is InChI=1S/C24H26FN3O2/c1-15(2)27(3)24(30)20-12-17(25)6-9-22(20)28-14-21(16-4-7-18(29)8-5-16)19-10-11-26-13-23(19)28/h6,9-16H,4-5,7-8H2,1-3H3. The van der Waals surface area contributed by atoms with E-state index in [4.69, 9.17) is 0 Å². The molecule has 0 N–H and O–H groups in total. The smallest absolute Gasteiger partial charge is 0.256 e. The zero-order valence-electron chi connectivity index (χ0n) is 17.6. The van der Waals surface area contributed by atoms with E-state index in [1.807, 2.05) is 30.7 Å². The van der Waals surface area contributed by atoms with E-state index >= 15 is 0 Å². The molecular formula is C24H26FN3O2. The molecule has 0 unspecified atom stereocenters. The molecule has 1 amide bonds. The topological polar surface area (TPSA) is 55.2 Å². The maximum atomic E-state index is 14.1. The van der Waals surface area contributed by atoms with Crippen molar-refractivity contribution in [3.63, 3.8) is 0 Å². The number of carbonyl (C=O) groups is 2. The molecule has 1 aromatic carbocycles. The van der Waals surface area contributed by atoms with Crippen molar-refractivity contribution in [1.82, 2.24) is 14.5 Å². The fraction of sp³-hybridized carbons (Fsp3) is 0.375. The Morgan fingerprint density at radius 1 is 1.23 bits per heavy atom. The highest BCUT2D eigenvalue weighted by Crippen LogP contribution is 2.37. The van der Waals surface area contributed by atoms with Crippen LogP contribution in [-0.4, -0.2) is 39.2 Å². The molecule has 1 aliphatic carbocycles. The average molecular weight is 407 g/mol. The number of hydrogen-bond acceptors (Lipinski definition) is 3. The number of pyridine rings is 1. The van der Waals surface area contributed by atoms with Crippen LogP contribution in [0.5, 0.6) is 0 Å². The number of ketones is 1. The first-order valence-electron chi connectivity index (χ1n) is 10.4. The normalized spacial score (nSPS) is 15.2. The van der Waals surface area contributed by atoms with Gasteiger partial charge in [-0.3, -0.25) is 14.6 Å². The summed E-state index contributed by atoms with van der Waals surface area (Å²) in [6, 6.07) is 6.30. The second-order valence-electron chi connectivity index (χ2n) is 8.33. The fourth-order valence-electron chi connectivity index (χ4n) is 4.19. The van der Waals surface area contributed by atoms with Gasteiger partial charge < -0.3 is 9.47 Å². The Hall–Kier alpha value is -3.02. The first kappa shape index (κ1) is 20.3. The number of fused-ring (bicyclic) bond motifs is 1. The summed E-state index contributed by atoms with van der Waals surface area (Å²) in [5.41, 5.74) is 2.97. The molecule has 0 atom stereocenters. The van der Waals surface area contributed by atoms with E-state index < -0.39 is 5.82 Å². The number of halogens is 1. The Kier molecular flexibility index (Phi) is 5.41. The van der Waals surface area contributed by atoms with Crippen LogP contribution < -0.4 is 0 Å². The Morgan fingerprint density at radius 3 is 2.67 bits per heavy atom. The third-order valence-electron chi connectivity index (χ3n) is 6.17. The van der Waals surface area contributed by atoms with Crippen LogP contribution in [0, 0.1) is 5.82 Å². The number of benzene rings is 1. The van der Waals surface area contributed by atoms with E-state index in [2.05, 4.69) is 4.98 Å². The van der Waals surface area contributed by atoms with Gasteiger partial charge >= 0.3 is 0 Å². The van der Waals surface area contributed by atoms with Gasteiger partial charge in [-0.05, 0) is 62.4 Å². The lowest BCUT2D eigenvalue weighted by Gasteiger charge is -2.23. The number of hydrogen-bond donors (Lipinski definition) is 0. The largest absolute Gasteiger partial charge is 0.339 e. The Balaban J connectivity index is 1.87. The molecule has 2 aromatic heterocycles. The number of amides is 1. The molecule has 0 radical (unpaired) electrons. The van der Waals surface area contributed by atoms with E-state index in [-0.39, 0.29) is 17.9 Å². The molecule has 1 fully saturated rings.